The number of carbonyl (C=O) groups is 1. The van der Waals surface area contributed by atoms with Gasteiger partial charge in [-0.25, -0.2) is 4.39 Å². The Bertz CT molecular complexity index is 1450. The second-order valence-corrected chi connectivity index (χ2v) is 10.7. The summed E-state index contributed by atoms with van der Waals surface area (Å²) in [4.78, 5) is 14.6. The molecule has 0 aliphatic carbocycles. The predicted molar refractivity (Wildman–Crippen MR) is 165 cm³/mol. The summed E-state index contributed by atoms with van der Waals surface area (Å²) in [5, 5.41) is 0. The van der Waals surface area contributed by atoms with Gasteiger partial charge in [0.05, 0.1) is 11.3 Å². The highest BCUT2D eigenvalue weighted by molar-refractivity contribution is 8.00. The largest absolute Gasteiger partial charge is 0.488 e. The predicted octanol–water partition coefficient (Wildman–Crippen LogP) is 9.93. The lowest BCUT2D eigenvalue weighted by molar-refractivity contribution is -0.137. The van der Waals surface area contributed by atoms with E-state index in [1.807, 2.05) is 24.0 Å². The summed E-state index contributed by atoms with van der Waals surface area (Å²) in [7, 11) is 0. The minimum Gasteiger partial charge on any atom is -0.488 e. The number of carbonyl (C=O) groups excluding carboxylic acids is 1. The van der Waals surface area contributed by atoms with Crippen LogP contribution in [0.3, 0.4) is 0 Å². The number of rotatable bonds is 11. The first-order valence-electron chi connectivity index (χ1n) is 13.4. The highest BCUT2D eigenvalue weighted by Gasteiger charge is 2.32. The smallest absolute Gasteiger partial charge is 0.416 e. The molecule has 0 spiro atoms. The number of allylic oxidation sites excluding steroid dienone is 2. The van der Waals surface area contributed by atoms with Crippen molar-refractivity contribution in [3.05, 3.63) is 106 Å². The molecule has 0 bridgehead atoms. The summed E-state index contributed by atoms with van der Waals surface area (Å²) in [6.07, 6.45) is 0.371. The first-order valence-corrected chi connectivity index (χ1v) is 14.4. The zero-order valence-corrected chi connectivity index (χ0v) is 24.0. The summed E-state index contributed by atoms with van der Waals surface area (Å²) in [5.41, 5.74) is 3.56. The van der Waals surface area contributed by atoms with E-state index < -0.39 is 11.7 Å². The molecule has 0 amide bonds. The van der Waals surface area contributed by atoms with Crippen LogP contribution in [0.5, 0.6) is 5.75 Å². The van der Waals surface area contributed by atoms with E-state index >= 15 is 0 Å². The zero-order valence-electron chi connectivity index (χ0n) is 23.1. The van der Waals surface area contributed by atoms with E-state index in [1.165, 1.54) is 30.1 Å². The molecule has 4 rings (SSSR count). The topological polar surface area (TPSA) is 41.6 Å². The molecular weight excluding hydrogens is 564 g/mol. The van der Waals surface area contributed by atoms with Gasteiger partial charge in [-0.1, -0.05) is 57.0 Å². The van der Waals surface area contributed by atoms with Crippen LogP contribution >= 0.6 is 11.9 Å². The van der Waals surface area contributed by atoms with Crippen LogP contribution in [0.1, 0.15) is 68.1 Å². The van der Waals surface area contributed by atoms with Crippen LogP contribution in [0.25, 0.3) is 5.70 Å². The average molecular weight is 601 g/mol. The van der Waals surface area contributed by atoms with Gasteiger partial charge in [-0.3, -0.25) is 4.79 Å². The Balaban J connectivity index is 0.00000484. The third-order valence-electron chi connectivity index (χ3n) is 6.48. The minimum atomic E-state index is -4.56. The highest BCUT2D eigenvalue weighted by atomic mass is 32.2. The molecule has 1 heterocycles. The van der Waals surface area contributed by atoms with Crippen molar-refractivity contribution in [3.8, 4) is 5.75 Å². The Hall–Kier alpha value is -3.72. The molecule has 0 saturated carbocycles. The number of alkyl halides is 3. The number of ketones is 1. The van der Waals surface area contributed by atoms with Crippen molar-refractivity contribution in [2.24, 2.45) is 0 Å². The van der Waals surface area contributed by atoms with E-state index in [2.05, 4.69) is 11.6 Å². The number of benzene rings is 3. The SMILES string of the molecule is C.CCCSNc1cc(C(=O)CC)cc(N2CC(C)=CC=C2c2cc(C(F)(F)F)ccc2OCc2ccc(F)cc2)c1. The first-order chi connectivity index (χ1) is 19.6. The lowest BCUT2D eigenvalue weighted by atomic mass is 9.99. The maximum atomic E-state index is 13.8. The molecule has 42 heavy (non-hydrogen) atoms. The molecule has 4 nitrogen and oxygen atoms in total. The lowest BCUT2D eigenvalue weighted by Gasteiger charge is -2.32. The van der Waals surface area contributed by atoms with E-state index in [0.717, 1.165) is 35.6 Å². The van der Waals surface area contributed by atoms with E-state index in [1.54, 1.807) is 37.3 Å². The number of nitrogens with one attached hydrogen (secondary N) is 1. The molecule has 0 atom stereocenters. The molecule has 1 N–H and O–H groups in total. The summed E-state index contributed by atoms with van der Waals surface area (Å²) in [6, 6.07) is 14.6. The third-order valence-corrected chi connectivity index (χ3v) is 7.48. The average Bonchev–Trinajstić information content (AvgIpc) is 2.96. The van der Waals surface area contributed by atoms with Crippen LogP contribution in [-0.4, -0.2) is 18.1 Å². The van der Waals surface area contributed by atoms with Gasteiger partial charge in [0.15, 0.2) is 5.78 Å². The van der Waals surface area contributed by atoms with E-state index in [4.69, 9.17) is 4.74 Å². The summed E-state index contributed by atoms with van der Waals surface area (Å²) >= 11 is 1.53. The second-order valence-electron chi connectivity index (χ2n) is 9.77. The summed E-state index contributed by atoms with van der Waals surface area (Å²) < 4.78 is 64.2. The van der Waals surface area contributed by atoms with Crippen molar-refractivity contribution in [3.63, 3.8) is 0 Å². The van der Waals surface area contributed by atoms with Gasteiger partial charge in [0.1, 0.15) is 18.2 Å². The third kappa shape index (κ3) is 8.18. The van der Waals surface area contributed by atoms with E-state index in [0.29, 0.717) is 35.5 Å². The fourth-order valence-electron chi connectivity index (χ4n) is 4.37. The van der Waals surface area contributed by atoms with Gasteiger partial charge in [-0.05, 0) is 73.5 Å². The molecule has 3 aromatic carbocycles. The highest BCUT2D eigenvalue weighted by Crippen LogP contribution is 2.40. The Morgan fingerprint density at radius 3 is 2.43 bits per heavy atom. The van der Waals surface area contributed by atoms with Gasteiger partial charge in [-0.2, -0.15) is 13.2 Å². The fraction of sp³-hybridized carbons (Fsp3) is 0.303. The number of halogens is 4. The van der Waals surface area contributed by atoms with Crippen molar-refractivity contribution >= 4 is 34.8 Å². The van der Waals surface area contributed by atoms with Gasteiger partial charge in [0.2, 0.25) is 0 Å². The molecule has 0 aromatic heterocycles. The molecule has 0 unspecified atom stereocenters. The first kappa shape index (κ1) is 32.8. The molecule has 1 aliphatic rings. The molecule has 3 aromatic rings. The van der Waals surface area contributed by atoms with Crippen LogP contribution in [0.15, 0.2) is 78.4 Å². The van der Waals surface area contributed by atoms with Gasteiger partial charge in [0, 0.05) is 41.2 Å². The van der Waals surface area contributed by atoms with Gasteiger partial charge in [0.25, 0.3) is 0 Å². The number of hydrogen-bond acceptors (Lipinski definition) is 5. The van der Waals surface area contributed by atoms with Crippen LogP contribution in [0.2, 0.25) is 0 Å². The van der Waals surface area contributed by atoms with Crippen LogP contribution < -0.4 is 14.4 Å². The fourth-order valence-corrected chi connectivity index (χ4v) is 4.96. The van der Waals surface area contributed by atoms with Gasteiger partial charge in [-0.15, -0.1) is 0 Å². The number of nitrogens with zero attached hydrogens (tertiary/aromatic N) is 1. The standard InChI is InChI=1S/C32H32F4N2O2S.CH4/c1-4-14-41-37-26-15-23(30(39)5-2)16-27(18-26)38-19-21(3)6-12-29(38)28-17-24(32(34,35)36)9-13-31(28)40-20-22-7-10-25(33)11-8-22;/h6-13,15-18,37H,4-5,14,19-20H2,1-3H3;1H4. The molecule has 0 fully saturated rings. The van der Waals surface area contributed by atoms with E-state index in [-0.39, 0.29) is 36.9 Å². The summed E-state index contributed by atoms with van der Waals surface area (Å²) in [5.74, 6) is 0.702. The van der Waals surface area contributed by atoms with Crippen molar-refractivity contribution in [1.82, 2.24) is 0 Å². The Labute approximate surface area is 249 Å². The molecule has 0 saturated heterocycles. The number of hydrogen-bond donors (Lipinski definition) is 1. The van der Waals surface area contributed by atoms with Crippen LogP contribution in [-0.2, 0) is 12.8 Å². The summed E-state index contributed by atoms with van der Waals surface area (Å²) in [6.45, 7) is 6.26. The molecule has 224 valence electrons. The normalized spacial score (nSPS) is 13.2. The number of Topliss-reactive ketones (excluding diaryl/α,β-unsaturated/α-hetero) is 1. The number of ether oxygens (including phenoxy) is 1. The zero-order chi connectivity index (χ0) is 29.6. The quantitative estimate of drug-likeness (QED) is 0.103. The Morgan fingerprint density at radius 2 is 1.76 bits per heavy atom. The second kappa shape index (κ2) is 14.4. The molecule has 1 aliphatic heterocycles. The van der Waals surface area contributed by atoms with Crippen molar-refractivity contribution in [2.45, 2.75) is 53.8 Å². The monoisotopic (exact) mass is 600 g/mol. The van der Waals surface area contributed by atoms with E-state index in [9.17, 15) is 22.4 Å². The van der Waals surface area contributed by atoms with Crippen LogP contribution in [0.4, 0.5) is 28.9 Å². The number of anilines is 2. The van der Waals surface area contributed by atoms with Crippen LogP contribution in [0, 0.1) is 5.82 Å². The lowest BCUT2D eigenvalue weighted by Crippen LogP contribution is -2.26. The maximum Gasteiger partial charge on any atom is 0.416 e. The van der Waals surface area contributed by atoms with Crippen molar-refractivity contribution < 1.29 is 27.1 Å². The molecular formula is C33H36F4N2O2S. The maximum absolute atomic E-state index is 13.8. The van der Waals surface area contributed by atoms with Gasteiger partial charge >= 0.3 is 6.18 Å². The van der Waals surface area contributed by atoms with Crippen molar-refractivity contribution in [2.75, 3.05) is 21.9 Å². The molecule has 0 radical (unpaired) electrons. The minimum absolute atomic E-state index is 0. The Morgan fingerprint density at radius 1 is 1.02 bits per heavy atom. The van der Waals surface area contributed by atoms with Crippen molar-refractivity contribution in [1.29, 1.82) is 0 Å². The van der Waals surface area contributed by atoms with Gasteiger partial charge < -0.3 is 14.4 Å². The molecule has 9 heteroatoms. The Kier molecular flexibility index (Phi) is 11.3.